The molecule has 2 aromatic heterocycles. The molecular weight excluding hydrogens is 382 g/mol. The summed E-state index contributed by atoms with van der Waals surface area (Å²) in [4.78, 5) is 30.3. The molecule has 6 nitrogen and oxygen atoms in total. The predicted molar refractivity (Wildman–Crippen MR) is 106 cm³/mol. The molecule has 3 aromatic rings. The fourth-order valence-electron chi connectivity index (χ4n) is 2.40. The van der Waals surface area contributed by atoms with Crippen LogP contribution in [0.25, 0.3) is 0 Å². The second-order valence-corrected chi connectivity index (χ2v) is 7.63. The van der Waals surface area contributed by atoms with Gasteiger partial charge in [-0.2, -0.15) is 0 Å². The molecule has 0 saturated carbocycles. The number of thiophene rings is 1. The summed E-state index contributed by atoms with van der Waals surface area (Å²) in [6.45, 7) is 4.40. The van der Waals surface area contributed by atoms with Crippen molar-refractivity contribution in [2.75, 3.05) is 0 Å². The maximum atomic E-state index is 12.2. The van der Waals surface area contributed by atoms with E-state index >= 15 is 0 Å². The molecule has 0 bridgehead atoms. The molecule has 0 radical (unpaired) electrons. The molecular formula is C19H19N3O3S2. The summed E-state index contributed by atoms with van der Waals surface area (Å²) < 4.78 is 5.61. The molecule has 0 atom stereocenters. The molecule has 1 aromatic carbocycles. The first kappa shape index (κ1) is 19.1. The average molecular weight is 402 g/mol. The van der Waals surface area contributed by atoms with Crippen LogP contribution in [0.1, 0.15) is 43.1 Å². The molecule has 8 heteroatoms. The van der Waals surface area contributed by atoms with Gasteiger partial charge in [0, 0.05) is 15.8 Å². The molecule has 0 aliphatic rings. The van der Waals surface area contributed by atoms with E-state index in [-0.39, 0.29) is 5.91 Å². The number of nitrogens with zero attached hydrogens (tertiary/aromatic N) is 1. The van der Waals surface area contributed by atoms with Gasteiger partial charge >= 0.3 is 0 Å². The third-order valence-electron chi connectivity index (χ3n) is 3.84. The highest BCUT2D eigenvalue weighted by molar-refractivity contribution is 7.14. The van der Waals surface area contributed by atoms with Crippen LogP contribution in [-0.4, -0.2) is 16.8 Å². The van der Waals surface area contributed by atoms with Crippen molar-refractivity contribution in [3.63, 3.8) is 0 Å². The maximum absolute atomic E-state index is 12.2. The van der Waals surface area contributed by atoms with Crippen molar-refractivity contribution in [1.82, 2.24) is 15.8 Å². The van der Waals surface area contributed by atoms with Gasteiger partial charge in [-0.25, -0.2) is 4.98 Å². The van der Waals surface area contributed by atoms with Crippen molar-refractivity contribution in [1.29, 1.82) is 0 Å². The van der Waals surface area contributed by atoms with Crippen molar-refractivity contribution in [2.45, 2.75) is 26.9 Å². The van der Waals surface area contributed by atoms with Crippen molar-refractivity contribution in [2.24, 2.45) is 0 Å². The van der Waals surface area contributed by atoms with Crippen LogP contribution in [0, 0.1) is 6.92 Å². The fourth-order valence-corrected chi connectivity index (χ4v) is 3.95. The standard InChI is InChI=1S/C19H19N3O3S2/c1-3-16-12(2)8-17(27-16)19(24)22-21-18(23)13-4-6-15(7-5-13)25-9-14-10-26-11-20-14/h4-8,10-11H,3,9H2,1-2H3,(H,21,23)(H,22,24). The van der Waals surface area contributed by atoms with Crippen molar-refractivity contribution in [3.05, 3.63) is 67.8 Å². The maximum Gasteiger partial charge on any atom is 0.279 e. The summed E-state index contributed by atoms with van der Waals surface area (Å²) in [6, 6.07) is 8.53. The summed E-state index contributed by atoms with van der Waals surface area (Å²) in [5, 5.41) is 1.92. The van der Waals surface area contributed by atoms with Crippen LogP contribution in [0.5, 0.6) is 5.75 Å². The lowest BCUT2D eigenvalue weighted by atomic mass is 10.2. The van der Waals surface area contributed by atoms with Gasteiger partial charge in [-0.05, 0) is 49.2 Å². The number of rotatable bonds is 6. The van der Waals surface area contributed by atoms with Gasteiger partial charge in [0.05, 0.1) is 16.1 Å². The summed E-state index contributed by atoms with van der Waals surface area (Å²) in [6.07, 6.45) is 0.882. The molecule has 2 amide bonds. The summed E-state index contributed by atoms with van der Waals surface area (Å²) in [5.41, 5.74) is 9.02. The van der Waals surface area contributed by atoms with Crippen LogP contribution >= 0.6 is 22.7 Å². The van der Waals surface area contributed by atoms with Crippen LogP contribution in [0.4, 0.5) is 0 Å². The second kappa shape index (κ2) is 8.79. The van der Waals surface area contributed by atoms with E-state index in [1.54, 1.807) is 29.8 Å². The highest BCUT2D eigenvalue weighted by atomic mass is 32.1. The topological polar surface area (TPSA) is 80.3 Å². The van der Waals surface area contributed by atoms with E-state index in [4.69, 9.17) is 4.74 Å². The summed E-state index contributed by atoms with van der Waals surface area (Å²) in [5.74, 6) is -0.0671. The van der Waals surface area contributed by atoms with Gasteiger partial charge in [-0.15, -0.1) is 22.7 Å². The Kier molecular flexibility index (Phi) is 6.20. The smallest absolute Gasteiger partial charge is 0.279 e. The SMILES string of the molecule is CCc1sc(C(=O)NNC(=O)c2ccc(OCc3cscn3)cc2)cc1C. The van der Waals surface area contributed by atoms with Gasteiger partial charge in [-0.3, -0.25) is 20.4 Å². The number of carbonyl (C=O) groups excluding carboxylic acids is 2. The van der Waals surface area contributed by atoms with Gasteiger partial charge in [0.15, 0.2) is 0 Å². The molecule has 0 aliphatic carbocycles. The Labute approximate surface area is 165 Å². The van der Waals surface area contributed by atoms with E-state index in [0.717, 1.165) is 17.7 Å². The number of amides is 2. The number of carbonyl (C=O) groups is 2. The lowest BCUT2D eigenvalue weighted by molar-refractivity contribution is 0.0849. The number of benzene rings is 1. The number of aryl methyl sites for hydroxylation is 2. The lowest BCUT2D eigenvalue weighted by Gasteiger charge is -2.08. The molecule has 2 heterocycles. The largest absolute Gasteiger partial charge is 0.487 e. The minimum atomic E-state index is -0.390. The molecule has 0 unspecified atom stereocenters. The third-order valence-corrected chi connectivity index (χ3v) is 5.86. The zero-order valence-corrected chi connectivity index (χ0v) is 16.6. The van der Waals surface area contributed by atoms with E-state index in [9.17, 15) is 9.59 Å². The monoisotopic (exact) mass is 401 g/mol. The highest BCUT2D eigenvalue weighted by Crippen LogP contribution is 2.22. The Balaban J connectivity index is 1.52. The van der Waals surface area contributed by atoms with E-state index < -0.39 is 5.91 Å². The Hall–Kier alpha value is -2.71. The molecule has 0 fully saturated rings. The lowest BCUT2D eigenvalue weighted by Crippen LogP contribution is -2.41. The number of hydrogen-bond acceptors (Lipinski definition) is 6. The molecule has 27 heavy (non-hydrogen) atoms. The van der Waals surface area contributed by atoms with Crippen molar-refractivity contribution < 1.29 is 14.3 Å². The average Bonchev–Trinajstić information content (AvgIpc) is 3.34. The summed E-state index contributed by atoms with van der Waals surface area (Å²) in [7, 11) is 0. The first-order valence-corrected chi connectivity index (χ1v) is 10.1. The third kappa shape index (κ3) is 4.93. The molecule has 0 spiro atoms. The van der Waals surface area contributed by atoms with Crippen LogP contribution in [0.3, 0.4) is 0 Å². The van der Waals surface area contributed by atoms with Gasteiger partial charge in [0.1, 0.15) is 12.4 Å². The van der Waals surface area contributed by atoms with Gasteiger partial charge < -0.3 is 4.74 Å². The van der Waals surface area contributed by atoms with Crippen molar-refractivity contribution >= 4 is 34.5 Å². The number of hydrogen-bond donors (Lipinski definition) is 2. The molecule has 0 saturated heterocycles. The first-order valence-electron chi connectivity index (χ1n) is 8.36. The Morgan fingerprint density at radius 2 is 1.89 bits per heavy atom. The number of thiazole rings is 1. The first-order chi connectivity index (χ1) is 13.1. The number of hydrazine groups is 1. The minimum Gasteiger partial charge on any atom is -0.487 e. The molecule has 3 rings (SSSR count). The Bertz CT molecular complexity index is 918. The fraction of sp³-hybridized carbons (Fsp3) is 0.211. The van der Waals surface area contributed by atoms with Gasteiger partial charge in [0.25, 0.3) is 11.8 Å². The number of aromatic nitrogens is 1. The minimum absolute atomic E-state index is 0.320. The molecule has 2 N–H and O–H groups in total. The second-order valence-electron chi connectivity index (χ2n) is 5.77. The Morgan fingerprint density at radius 1 is 1.15 bits per heavy atom. The quantitative estimate of drug-likeness (QED) is 0.617. The van der Waals surface area contributed by atoms with Gasteiger partial charge in [-0.1, -0.05) is 6.92 Å². The van der Waals surface area contributed by atoms with Crippen LogP contribution in [0.2, 0.25) is 0 Å². The van der Waals surface area contributed by atoms with Crippen LogP contribution < -0.4 is 15.6 Å². The van der Waals surface area contributed by atoms with E-state index in [2.05, 4.69) is 15.8 Å². The zero-order valence-electron chi connectivity index (χ0n) is 14.9. The molecule has 0 aliphatic heterocycles. The van der Waals surface area contributed by atoms with Gasteiger partial charge in [0.2, 0.25) is 0 Å². The Morgan fingerprint density at radius 3 is 2.52 bits per heavy atom. The number of ether oxygens (including phenoxy) is 1. The van der Waals surface area contributed by atoms with Crippen molar-refractivity contribution in [3.8, 4) is 5.75 Å². The van der Waals surface area contributed by atoms with E-state index in [1.165, 1.54) is 27.6 Å². The zero-order chi connectivity index (χ0) is 19.2. The van der Waals surface area contributed by atoms with Crippen LogP contribution in [0.15, 0.2) is 41.2 Å². The van der Waals surface area contributed by atoms with E-state index in [1.807, 2.05) is 25.3 Å². The number of nitrogens with one attached hydrogen (secondary N) is 2. The van der Waals surface area contributed by atoms with Crippen LogP contribution in [-0.2, 0) is 13.0 Å². The molecule has 140 valence electrons. The predicted octanol–water partition coefficient (Wildman–Crippen LogP) is 3.73. The highest BCUT2D eigenvalue weighted by Gasteiger charge is 2.13. The summed E-state index contributed by atoms with van der Waals surface area (Å²) >= 11 is 2.95. The van der Waals surface area contributed by atoms with E-state index in [0.29, 0.717) is 22.8 Å². The normalized spacial score (nSPS) is 10.4.